The number of benzene rings is 2. The number of aliphatic hydroxyl groups is 1. The summed E-state index contributed by atoms with van der Waals surface area (Å²) in [5.74, 6) is 0.787. The number of hydrogen-bond donors (Lipinski definition) is 2. The molecule has 0 radical (unpaired) electrons. The number of aryl methyl sites for hydroxylation is 1. The molecule has 0 saturated carbocycles. The Morgan fingerprint density at radius 2 is 1.76 bits per heavy atom. The van der Waals surface area contributed by atoms with E-state index in [0.717, 1.165) is 16.5 Å². The van der Waals surface area contributed by atoms with Crippen LogP contribution in [0, 0.1) is 6.92 Å². The van der Waals surface area contributed by atoms with Crippen LogP contribution in [0.25, 0.3) is 10.9 Å². The number of hydrogen-bond acceptors (Lipinski definition) is 5. The maximum atomic E-state index is 12.3. The van der Waals surface area contributed by atoms with Crippen LogP contribution in [-0.4, -0.2) is 21.0 Å². The summed E-state index contributed by atoms with van der Waals surface area (Å²) in [5.41, 5.74) is 2.50. The SMILES string of the molecule is Cc1cccnc1C(O)C(=O)Nc1ccc(Oc2ccnc3ccccc23)cc1. The first-order chi connectivity index (χ1) is 14.1. The van der Waals surface area contributed by atoms with Crippen molar-refractivity contribution >= 4 is 22.5 Å². The molecule has 2 aromatic heterocycles. The van der Waals surface area contributed by atoms with Gasteiger partial charge in [-0.25, -0.2) is 0 Å². The zero-order chi connectivity index (χ0) is 20.2. The van der Waals surface area contributed by atoms with Gasteiger partial charge >= 0.3 is 0 Å². The van der Waals surface area contributed by atoms with Gasteiger partial charge in [0.25, 0.3) is 5.91 Å². The number of rotatable bonds is 5. The number of ether oxygens (including phenoxy) is 1. The lowest BCUT2D eigenvalue weighted by atomic mass is 10.1. The van der Waals surface area contributed by atoms with Crippen molar-refractivity contribution in [1.29, 1.82) is 0 Å². The average Bonchev–Trinajstić information content (AvgIpc) is 2.75. The summed E-state index contributed by atoms with van der Waals surface area (Å²) in [4.78, 5) is 20.8. The highest BCUT2D eigenvalue weighted by atomic mass is 16.5. The van der Waals surface area contributed by atoms with Gasteiger partial charge in [-0.15, -0.1) is 0 Å². The highest BCUT2D eigenvalue weighted by molar-refractivity contribution is 5.94. The van der Waals surface area contributed by atoms with Gasteiger partial charge in [-0.05, 0) is 61.0 Å². The van der Waals surface area contributed by atoms with E-state index in [1.807, 2.05) is 30.3 Å². The number of aliphatic hydroxyl groups excluding tert-OH is 1. The van der Waals surface area contributed by atoms with Gasteiger partial charge in [0.05, 0.1) is 11.2 Å². The van der Waals surface area contributed by atoms with E-state index in [0.29, 0.717) is 22.9 Å². The Hall–Kier alpha value is -3.77. The van der Waals surface area contributed by atoms with Crippen LogP contribution >= 0.6 is 0 Å². The first-order valence-corrected chi connectivity index (χ1v) is 9.14. The van der Waals surface area contributed by atoms with Crippen LogP contribution in [-0.2, 0) is 4.79 Å². The Kier molecular flexibility index (Phi) is 5.18. The van der Waals surface area contributed by atoms with Gasteiger partial charge in [0.1, 0.15) is 11.5 Å². The first-order valence-electron chi connectivity index (χ1n) is 9.14. The first kappa shape index (κ1) is 18.6. The van der Waals surface area contributed by atoms with Crippen LogP contribution in [0.1, 0.15) is 17.4 Å². The van der Waals surface area contributed by atoms with E-state index < -0.39 is 12.0 Å². The summed E-state index contributed by atoms with van der Waals surface area (Å²) in [6, 6.07) is 20.0. The fourth-order valence-corrected chi connectivity index (χ4v) is 3.01. The Balaban J connectivity index is 1.46. The van der Waals surface area contributed by atoms with Crippen molar-refractivity contribution in [3.63, 3.8) is 0 Å². The van der Waals surface area contributed by atoms with Crippen molar-refractivity contribution in [3.05, 3.63) is 90.4 Å². The van der Waals surface area contributed by atoms with Crippen molar-refractivity contribution in [3.8, 4) is 11.5 Å². The van der Waals surface area contributed by atoms with E-state index in [1.165, 1.54) is 0 Å². The number of pyridine rings is 2. The second-order valence-electron chi connectivity index (χ2n) is 6.55. The zero-order valence-corrected chi connectivity index (χ0v) is 15.7. The fraction of sp³-hybridized carbons (Fsp3) is 0.0870. The highest BCUT2D eigenvalue weighted by Gasteiger charge is 2.20. The van der Waals surface area contributed by atoms with Crippen LogP contribution < -0.4 is 10.1 Å². The quantitative estimate of drug-likeness (QED) is 0.532. The smallest absolute Gasteiger partial charge is 0.259 e. The lowest BCUT2D eigenvalue weighted by molar-refractivity contribution is -0.124. The number of carbonyl (C=O) groups is 1. The monoisotopic (exact) mass is 385 g/mol. The van der Waals surface area contributed by atoms with Crippen molar-refractivity contribution in [2.24, 2.45) is 0 Å². The molecular formula is C23H19N3O3. The predicted molar refractivity (Wildman–Crippen MR) is 111 cm³/mol. The normalized spacial score (nSPS) is 11.8. The molecule has 6 nitrogen and oxygen atoms in total. The van der Waals surface area contributed by atoms with E-state index in [1.54, 1.807) is 55.7 Å². The number of aromatic nitrogens is 2. The van der Waals surface area contributed by atoms with E-state index in [2.05, 4.69) is 15.3 Å². The second-order valence-corrected chi connectivity index (χ2v) is 6.55. The summed E-state index contributed by atoms with van der Waals surface area (Å²) < 4.78 is 5.97. The molecule has 0 aliphatic rings. The van der Waals surface area contributed by atoms with Crippen LogP contribution in [0.5, 0.6) is 11.5 Å². The maximum Gasteiger partial charge on any atom is 0.259 e. The summed E-state index contributed by atoms with van der Waals surface area (Å²) in [6.07, 6.45) is 1.91. The standard InChI is InChI=1S/C23H19N3O3/c1-15-5-4-13-25-21(15)22(27)23(28)26-16-8-10-17(11-9-16)29-20-12-14-24-19-7-3-2-6-18(19)20/h2-14,22,27H,1H3,(H,26,28). The molecule has 1 unspecified atom stereocenters. The third kappa shape index (κ3) is 4.07. The minimum Gasteiger partial charge on any atom is -0.457 e. The van der Waals surface area contributed by atoms with Crippen LogP contribution in [0.2, 0.25) is 0 Å². The molecule has 2 aromatic carbocycles. The minimum absolute atomic E-state index is 0.342. The molecule has 1 atom stereocenters. The van der Waals surface area contributed by atoms with E-state index in [9.17, 15) is 9.90 Å². The number of amides is 1. The summed E-state index contributed by atoms with van der Waals surface area (Å²) in [7, 11) is 0. The average molecular weight is 385 g/mol. The molecule has 144 valence electrons. The van der Waals surface area contributed by atoms with Crippen LogP contribution in [0.15, 0.2) is 79.1 Å². The topological polar surface area (TPSA) is 84.3 Å². The molecule has 4 aromatic rings. The molecule has 1 amide bonds. The number of nitrogens with zero attached hydrogens (tertiary/aromatic N) is 2. The van der Waals surface area contributed by atoms with Crippen molar-refractivity contribution < 1.29 is 14.6 Å². The Morgan fingerprint density at radius 3 is 2.55 bits per heavy atom. The number of para-hydroxylation sites is 1. The van der Waals surface area contributed by atoms with Gasteiger partial charge in [-0.1, -0.05) is 18.2 Å². The van der Waals surface area contributed by atoms with E-state index in [-0.39, 0.29) is 0 Å². The van der Waals surface area contributed by atoms with Gasteiger partial charge in [0.15, 0.2) is 6.10 Å². The van der Waals surface area contributed by atoms with Crippen LogP contribution in [0.4, 0.5) is 5.69 Å². The molecule has 6 heteroatoms. The Bertz CT molecular complexity index is 1150. The zero-order valence-electron chi connectivity index (χ0n) is 15.7. The fourth-order valence-electron chi connectivity index (χ4n) is 3.01. The van der Waals surface area contributed by atoms with Gasteiger partial charge in [0, 0.05) is 23.5 Å². The predicted octanol–water partition coefficient (Wildman–Crippen LogP) is 4.40. The molecule has 4 rings (SSSR count). The number of carbonyl (C=O) groups excluding carboxylic acids is 1. The number of anilines is 1. The highest BCUT2D eigenvalue weighted by Crippen LogP contribution is 2.29. The molecular weight excluding hydrogens is 366 g/mol. The van der Waals surface area contributed by atoms with E-state index in [4.69, 9.17) is 4.74 Å². The molecule has 29 heavy (non-hydrogen) atoms. The summed E-state index contributed by atoms with van der Waals surface area (Å²) >= 11 is 0. The van der Waals surface area contributed by atoms with Crippen LogP contribution in [0.3, 0.4) is 0 Å². The van der Waals surface area contributed by atoms with Crippen molar-refractivity contribution in [2.45, 2.75) is 13.0 Å². The molecule has 0 bridgehead atoms. The Morgan fingerprint density at radius 1 is 0.966 bits per heavy atom. The summed E-state index contributed by atoms with van der Waals surface area (Å²) in [6.45, 7) is 1.80. The third-order valence-corrected chi connectivity index (χ3v) is 4.52. The molecule has 2 heterocycles. The van der Waals surface area contributed by atoms with Gasteiger partial charge < -0.3 is 15.2 Å². The van der Waals surface area contributed by atoms with Gasteiger partial charge in [0.2, 0.25) is 0 Å². The van der Waals surface area contributed by atoms with Crippen molar-refractivity contribution in [2.75, 3.05) is 5.32 Å². The molecule has 0 fully saturated rings. The largest absolute Gasteiger partial charge is 0.457 e. The number of nitrogens with one attached hydrogen (secondary N) is 1. The second kappa shape index (κ2) is 8.08. The minimum atomic E-state index is -1.34. The maximum absolute atomic E-state index is 12.3. The molecule has 0 aliphatic heterocycles. The lowest BCUT2D eigenvalue weighted by Crippen LogP contribution is -2.22. The van der Waals surface area contributed by atoms with Crippen molar-refractivity contribution in [1.82, 2.24) is 9.97 Å². The lowest BCUT2D eigenvalue weighted by Gasteiger charge is -2.13. The summed E-state index contributed by atoms with van der Waals surface area (Å²) in [5, 5.41) is 13.9. The molecule has 2 N–H and O–H groups in total. The number of fused-ring (bicyclic) bond motifs is 1. The Labute approximate surface area is 167 Å². The van der Waals surface area contributed by atoms with E-state index >= 15 is 0 Å². The third-order valence-electron chi connectivity index (χ3n) is 4.52. The molecule has 0 aliphatic carbocycles. The molecule has 0 saturated heterocycles. The van der Waals surface area contributed by atoms with Gasteiger partial charge in [-0.2, -0.15) is 0 Å². The van der Waals surface area contributed by atoms with Gasteiger partial charge in [-0.3, -0.25) is 14.8 Å². The molecule has 0 spiro atoms.